The maximum absolute atomic E-state index is 13.2. The molecule has 0 bridgehead atoms. The van der Waals surface area contributed by atoms with E-state index in [0.717, 1.165) is 18.5 Å². The van der Waals surface area contributed by atoms with Crippen molar-refractivity contribution in [1.82, 2.24) is 10.6 Å². The molecule has 1 fully saturated rings. The van der Waals surface area contributed by atoms with Crippen LogP contribution in [0.15, 0.2) is 23.0 Å². The first kappa shape index (κ1) is 13.7. The number of nitrogens with one attached hydrogen (secondary N) is 2. The molecular formula is C13H20F2N2S. The first-order valence-corrected chi connectivity index (χ1v) is 6.77. The molecule has 0 aromatic rings. The van der Waals surface area contributed by atoms with Crippen LogP contribution < -0.4 is 10.6 Å². The summed E-state index contributed by atoms with van der Waals surface area (Å²) in [7, 11) is 0. The summed E-state index contributed by atoms with van der Waals surface area (Å²) in [6, 6.07) is 0. The van der Waals surface area contributed by atoms with Crippen LogP contribution >= 0.6 is 12.6 Å². The minimum absolute atomic E-state index is 0.111. The number of halogens is 2. The number of hydrogen-bond donors (Lipinski definition) is 3. The molecule has 2 nitrogen and oxygen atoms in total. The van der Waals surface area contributed by atoms with E-state index in [1.807, 2.05) is 0 Å². The predicted octanol–water partition coefficient (Wildman–Crippen LogP) is 3.54. The first-order valence-electron chi connectivity index (χ1n) is 6.33. The molecule has 0 saturated heterocycles. The van der Waals surface area contributed by atoms with Crippen LogP contribution in [0.4, 0.5) is 8.78 Å². The first-order chi connectivity index (χ1) is 8.30. The van der Waals surface area contributed by atoms with Gasteiger partial charge in [0.1, 0.15) is 0 Å². The zero-order valence-electron chi connectivity index (χ0n) is 10.7. The van der Waals surface area contributed by atoms with Gasteiger partial charge in [-0.2, -0.15) is 0 Å². The lowest BCUT2D eigenvalue weighted by molar-refractivity contribution is -0.0103. The molecule has 0 amide bonds. The molecule has 0 aromatic heterocycles. The average Bonchev–Trinajstić information content (AvgIpc) is 2.19. The van der Waals surface area contributed by atoms with Gasteiger partial charge in [0.2, 0.25) is 0 Å². The summed E-state index contributed by atoms with van der Waals surface area (Å²) < 4.78 is 26.3. The van der Waals surface area contributed by atoms with E-state index in [0.29, 0.717) is 17.1 Å². The van der Waals surface area contributed by atoms with Gasteiger partial charge in [-0.15, -0.1) is 12.6 Å². The highest BCUT2D eigenvalue weighted by atomic mass is 32.1. The lowest BCUT2D eigenvalue weighted by Crippen LogP contribution is -2.49. The van der Waals surface area contributed by atoms with E-state index in [1.54, 1.807) is 0 Å². The molecule has 5 heteroatoms. The van der Waals surface area contributed by atoms with Gasteiger partial charge >= 0.3 is 0 Å². The van der Waals surface area contributed by atoms with Crippen molar-refractivity contribution in [2.24, 2.45) is 0 Å². The second-order valence-electron chi connectivity index (χ2n) is 5.60. The Hall–Kier alpha value is -0.710. The molecule has 0 spiro atoms. The van der Waals surface area contributed by atoms with Crippen LogP contribution in [0.25, 0.3) is 0 Å². The van der Waals surface area contributed by atoms with Crippen molar-refractivity contribution in [3.05, 3.63) is 23.0 Å². The SMILES string of the molecule is C=C(NC1=C(S)CC(F)(F)CC1)NC1(C)CCC1. The van der Waals surface area contributed by atoms with Crippen LogP contribution in [-0.4, -0.2) is 11.5 Å². The Morgan fingerprint density at radius 3 is 2.50 bits per heavy atom. The third-order valence-corrected chi connectivity index (χ3v) is 4.15. The molecule has 2 rings (SSSR count). The summed E-state index contributed by atoms with van der Waals surface area (Å²) in [4.78, 5) is 0.438. The van der Waals surface area contributed by atoms with Gasteiger partial charge in [0.05, 0.1) is 5.82 Å². The Labute approximate surface area is 112 Å². The number of hydrogen-bond acceptors (Lipinski definition) is 3. The monoisotopic (exact) mass is 274 g/mol. The molecule has 0 atom stereocenters. The molecule has 0 unspecified atom stereocenters. The van der Waals surface area contributed by atoms with E-state index in [-0.39, 0.29) is 18.4 Å². The summed E-state index contributed by atoms with van der Waals surface area (Å²) in [5.74, 6) is -1.93. The quantitative estimate of drug-likeness (QED) is 0.683. The molecule has 2 aliphatic rings. The third kappa shape index (κ3) is 3.19. The van der Waals surface area contributed by atoms with Crippen LogP contribution in [0.2, 0.25) is 0 Å². The topological polar surface area (TPSA) is 24.1 Å². The summed E-state index contributed by atoms with van der Waals surface area (Å²) in [6.07, 6.45) is 3.40. The predicted molar refractivity (Wildman–Crippen MR) is 72.5 cm³/mol. The molecule has 0 radical (unpaired) electrons. The smallest absolute Gasteiger partial charge is 0.253 e. The Kier molecular flexibility index (Phi) is 3.63. The van der Waals surface area contributed by atoms with Crippen molar-refractivity contribution >= 4 is 12.6 Å². The Balaban J connectivity index is 1.91. The van der Waals surface area contributed by atoms with Crippen LogP contribution in [0.3, 0.4) is 0 Å². The largest absolute Gasteiger partial charge is 0.367 e. The molecule has 1 saturated carbocycles. The number of allylic oxidation sites excluding steroid dienone is 2. The summed E-state index contributed by atoms with van der Waals surface area (Å²) >= 11 is 4.16. The van der Waals surface area contributed by atoms with Crippen molar-refractivity contribution in [2.45, 2.75) is 56.9 Å². The highest BCUT2D eigenvalue weighted by molar-refractivity contribution is 7.84. The van der Waals surface area contributed by atoms with Crippen LogP contribution in [0.5, 0.6) is 0 Å². The number of thiol groups is 1. The fourth-order valence-corrected chi connectivity index (χ4v) is 2.84. The molecule has 0 aromatic carbocycles. The standard InChI is InChI=1S/C13H20F2N2S/c1-9(17-12(2)5-3-6-12)16-10-4-7-13(14,15)8-11(10)18/h16-18H,1,3-8H2,2H3. The fourth-order valence-electron chi connectivity index (χ4n) is 2.44. The molecule has 18 heavy (non-hydrogen) atoms. The van der Waals surface area contributed by atoms with Crippen molar-refractivity contribution in [2.75, 3.05) is 0 Å². The van der Waals surface area contributed by atoms with Crippen molar-refractivity contribution in [1.29, 1.82) is 0 Å². The van der Waals surface area contributed by atoms with Crippen LogP contribution in [0.1, 0.15) is 45.4 Å². The van der Waals surface area contributed by atoms with Gasteiger partial charge in [0, 0.05) is 29.0 Å². The van der Waals surface area contributed by atoms with Gasteiger partial charge in [0.25, 0.3) is 5.92 Å². The lowest BCUT2D eigenvalue weighted by atomic mass is 9.78. The maximum Gasteiger partial charge on any atom is 0.253 e. The van der Waals surface area contributed by atoms with Gasteiger partial charge in [-0.05, 0) is 32.6 Å². The van der Waals surface area contributed by atoms with Crippen molar-refractivity contribution in [3.63, 3.8) is 0 Å². The molecule has 2 N–H and O–H groups in total. The maximum atomic E-state index is 13.2. The highest BCUT2D eigenvalue weighted by Crippen LogP contribution is 2.37. The molecule has 102 valence electrons. The van der Waals surface area contributed by atoms with E-state index >= 15 is 0 Å². The lowest BCUT2D eigenvalue weighted by Gasteiger charge is -2.41. The summed E-state index contributed by atoms with van der Waals surface area (Å²) in [6.45, 7) is 6.06. The van der Waals surface area contributed by atoms with Gasteiger partial charge in [-0.25, -0.2) is 8.78 Å². The third-order valence-electron chi connectivity index (χ3n) is 3.73. The van der Waals surface area contributed by atoms with Gasteiger partial charge < -0.3 is 10.6 Å². The molecule has 0 heterocycles. The number of rotatable bonds is 4. The van der Waals surface area contributed by atoms with E-state index in [2.05, 4.69) is 36.8 Å². The second kappa shape index (κ2) is 4.76. The highest BCUT2D eigenvalue weighted by Gasteiger charge is 2.35. The Morgan fingerprint density at radius 2 is 2.00 bits per heavy atom. The van der Waals surface area contributed by atoms with Gasteiger partial charge in [-0.3, -0.25) is 0 Å². The zero-order chi connectivity index (χ0) is 13.4. The van der Waals surface area contributed by atoms with Gasteiger partial charge in [-0.1, -0.05) is 6.58 Å². The van der Waals surface area contributed by atoms with E-state index in [9.17, 15) is 8.78 Å². The zero-order valence-corrected chi connectivity index (χ0v) is 11.5. The van der Waals surface area contributed by atoms with Gasteiger partial charge in [0.15, 0.2) is 0 Å². The van der Waals surface area contributed by atoms with Crippen LogP contribution in [-0.2, 0) is 0 Å². The van der Waals surface area contributed by atoms with E-state index < -0.39 is 5.92 Å². The number of alkyl halides is 2. The van der Waals surface area contributed by atoms with Crippen molar-refractivity contribution in [3.8, 4) is 0 Å². The Bertz CT molecular complexity index is 386. The molecule has 0 aliphatic heterocycles. The van der Waals surface area contributed by atoms with Crippen LogP contribution in [0, 0.1) is 0 Å². The second-order valence-corrected chi connectivity index (χ2v) is 6.14. The summed E-state index contributed by atoms with van der Waals surface area (Å²) in [5, 5.41) is 6.42. The Morgan fingerprint density at radius 1 is 1.33 bits per heavy atom. The molecular weight excluding hydrogens is 254 g/mol. The average molecular weight is 274 g/mol. The van der Waals surface area contributed by atoms with E-state index in [4.69, 9.17) is 0 Å². The summed E-state index contributed by atoms with van der Waals surface area (Å²) in [5.41, 5.74) is 0.879. The van der Waals surface area contributed by atoms with E-state index in [1.165, 1.54) is 6.42 Å². The normalized spacial score (nSPS) is 25.3. The van der Waals surface area contributed by atoms with Crippen molar-refractivity contribution < 1.29 is 8.78 Å². The fraction of sp³-hybridized carbons (Fsp3) is 0.692. The minimum Gasteiger partial charge on any atom is -0.367 e. The minimum atomic E-state index is -2.61. The molecule has 2 aliphatic carbocycles.